The quantitative estimate of drug-likeness (QED) is 0.111. The van der Waals surface area contributed by atoms with Gasteiger partial charge in [-0.3, -0.25) is 0 Å². The van der Waals surface area contributed by atoms with Crippen LogP contribution in [0.25, 0.3) is 230 Å². The Kier molecular flexibility index (Phi) is 18.8. The Labute approximate surface area is 807 Å². The molecule has 0 unspecified atom stereocenters. The Morgan fingerprint density at radius 3 is 0.794 bits per heavy atom. The molecule has 30 rings (SSSR count). The summed E-state index contributed by atoms with van der Waals surface area (Å²) in [6.07, 6.45) is 0. The maximum atomic E-state index is 6.42. The summed E-state index contributed by atoms with van der Waals surface area (Å²) in [4.78, 5) is 7.22. The first kappa shape index (κ1) is 80.5. The normalized spacial score (nSPS) is 11.8. The summed E-state index contributed by atoms with van der Waals surface area (Å²) < 4.78 is 38.1. The van der Waals surface area contributed by atoms with E-state index < -0.39 is 0 Å². The summed E-state index contributed by atoms with van der Waals surface area (Å²) >= 11 is 0. The van der Waals surface area contributed by atoms with E-state index in [4.69, 9.17) is 26.5 Å². The Hall–Kier alpha value is -19.0. The molecule has 0 atom stereocenters. The molecule has 30 aromatic rings. The van der Waals surface area contributed by atoms with Crippen LogP contribution in [0.4, 0.5) is 51.2 Å². The summed E-state index contributed by atoms with van der Waals surface area (Å²) in [5, 5.41) is 27.7. The number of para-hydroxylation sites is 9. The molecular formula is C132H81N3O6. The van der Waals surface area contributed by atoms with E-state index in [-0.39, 0.29) is 0 Å². The van der Waals surface area contributed by atoms with Crippen LogP contribution in [0.2, 0.25) is 0 Å². The van der Waals surface area contributed by atoms with Crippen molar-refractivity contribution in [2.45, 2.75) is 0 Å². The number of nitrogens with zero attached hydrogens (tertiary/aromatic N) is 3. The van der Waals surface area contributed by atoms with E-state index in [9.17, 15) is 0 Å². The molecule has 660 valence electrons. The Morgan fingerprint density at radius 1 is 0.121 bits per heavy atom. The van der Waals surface area contributed by atoms with Crippen molar-refractivity contribution in [1.82, 2.24) is 0 Å². The number of anilines is 9. The minimum absolute atomic E-state index is 0.864. The molecular weight excluding hydrogens is 1720 g/mol. The van der Waals surface area contributed by atoms with E-state index >= 15 is 0 Å². The molecule has 0 aliphatic carbocycles. The van der Waals surface area contributed by atoms with Gasteiger partial charge in [0.15, 0.2) is 0 Å². The predicted molar refractivity (Wildman–Crippen MR) is 588 cm³/mol. The first-order valence-corrected chi connectivity index (χ1v) is 47.8. The second-order valence-electron chi connectivity index (χ2n) is 36.2. The van der Waals surface area contributed by atoms with Crippen LogP contribution in [0.1, 0.15) is 0 Å². The lowest BCUT2D eigenvalue weighted by molar-refractivity contribution is 0.668. The first-order valence-electron chi connectivity index (χ1n) is 47.8. The molecule has 24 aromatic carbocycles. The number of hydrogen-bond donors (Lipinski definition) is 0. The van der Waals surface area contributed by atoms with Gasteiger partial charge in [-0.25, -0.2) is 0 Å². The van der Waals surface area contributed by atoms with Gasteiger partial charge in [0.25, 0.3) is 0 Å². The molecule has 6 heterocycles. The average Bonchev–Trinajstić information content (AvgIpc) is 1.22. The number of benzene rings is 24. The summed E-state index contributed by atoms with van der Waals surface area (Å²) in [7, 11) is 0. The fourth-order valence-electron chi connectivity index (χ4n) is 22.2. The third kappa shape index (κ3) is 13.2. The monoisotopic (exact) mass is 1800 g/mol. The van der Waals surface area contributed by atoms with Crippen LogP contribution in [0.3, 0.4) is 0 Å². The molecule has 0 spiro atoms. The lowest BCUT2D eigenvalue weighted by atomic mass is 9.95. The van der Waals surface area contributed by atoms with Gasteiger partial charge >= 0.3 is 0 Å². The molecule has 0 bridgehead atoms. The number of rotatable bonds is 12. The summed E-state index contributed by atoms with van der Waals surface area (Å²) in [5.41, 5.74) is 27.4. The molecule has 0 aliphatic rings. The predicted octanol–water partition coefficient (Wildman–Crippen LogP) is 38.8. The fourth-order valence-corrected chi connectivity index (χ4v) is 22.2. The average molecular weight is 1810 g/mol. The molecule has 0 aliphatic heterocycles. The second kappa shape index (κ2) is 33.0. The minimum atomic E-state index is 0.864. The molecule has 141 heavy (non-hydrogen) atoms. The highest BCUT2D eigenvalue weighted by Crippen LogP contribution is 2.54. The van der Waals surface area contributed by atoms with Crippen LogP contribution in [0.15, 0.2) is 518 Å². The van der Waals surface area contributed by atoms with Gasteiger partial charge in [0.05, 0.1) is 45.2 Å². The van der Waals surface area contributed by atoms with Crippen LogP contribution < -0.4 is 14.7 Å². The highest BCUT2D eigenvalue weighted by atomic mass is 16.3. The first-order chi connectivity index (χ1) is 70.0. The van der Waals surface area contributed by atoms with Crippen molar-refractivity contribution in [1.29, 1.82) is 0 Å². The van der Waals surface area contributed by atoms with E-state index in [0.29, 0.717) is 0 Å². The molecule has 6 aromatic heterocycles. The van der Waals surface area contributed by atoms with Crippen LogP contribution >= 0.6 is 0 Å². The van der Waals surface area contributed by atoms with Gasteiger partial charge in [-0.05, 0) is 182 Å². The van der Waals surface area contributed by atoms with Crippen LogP contribution in [-0.2, 0) is 0 Å². The molecule has 0 saturated carbocycles. The van der Waals surface area contributed by atoms with Crippen molar-refractivity contribution in [2.24, 2.45) is 0 Å². The van der Waals surface area contributed by atoms with E-state index in [1.54, 1.807) is 0 Å². The summed E-state index contributed by atoms with van der Waals surface area (Å²) in [5.74, 6) is 0. The second-order valence-corrected chi connectivity index (χ2v) is 36.2. The number of fused-ring (bicyclic) bond motifs is 30. The maximum Gasteiger partial charge on any atom is 0.137 e. The van der Waals surface area contributed by atoms with Crippen LogP contribution in [0.5, 0.6) is 0 Å². The standard InChI is InChI=1S/3C44H27NO2/c1-2-12-28(13-3-1)30-14-4-7-18-35(30)45(37-20-11-23-40-43(37)33-15-5-8-21-38(33)46-40)36-19-10-17-32-31(36)26-24-29-25-27-41-44(42(29)32)34-16-6-9-22-39(34)47-41;1-2-11-28(12-3-1)31-13-4-7-17-37(31)45(30-23-25-34-33-14-5-8-19-39(33)47-42(34)27-30)38-18-10-16-35-32(38)24-21-29-22-26-41-44(43(29)35)36-15-6-9-20-40(36)46-41;1-2-11-28(12-3-1)31-13-4-7-17-37(31)45(30-23-26-41-36(27-30)33-14-5-8-19-39(33)46-41)38-18-10-16-34-32(38)24-21-29-22-25-42-44(43(29)34)35-15-6-9-20-40(35)47-42/h3*1-27H. The molecule has 9 nitrogen and oxygen atoms in total. The number of hydrogen-bond acceptors (Lipinski definition) is 9. The molecule has 0 N–H and O–H groups in total. The van der Waals surface area contributed by atoms with Crippen molar-refractivity contribution in [3.63, 3.8) is 0 Å². The molecule has 0 radical (unpaired) electrons. The van der Waals surface area contributed by atoms with Gasteiger partial charge in [-0.1, -0.05) is 352 Å². The van der Waals surface area contributed by atoms with E-state index in [1.807, 2.05) is 60.7 Å². The summed E-state index contributed by atoms with van der Waals surface area (Å²) in [6, 6.07) is 174. The maximum absolute atomic E-state index is 6.42. The zero-order chi connectivity index (χ0) is 92.7. The van der Waals surface area contributed by atoms with Crippen LogP contribution in [-0.4, -0.2) is 0 Å². The minimum Gasteiger partial charge on any atom is -0.456 e. The Bertz CT molecular complexity index is 10300. The molecule has 0 fully saturated rings. The highest BCUT2D eigenvalue weighted by Gasteiger charge is 2.29. The molecule has 9 heteroatoms. The lowest BCUT2D eigenvalue weighted by Gasteiger charge is -2.29. The Morgan fingerprint density at radius 2 is 0.369 bits per heavy atom. The van der Waals surface area contributed by atoms with Crippen molar-refractivity contribution in [3.05, 3.63) is 491 Å². The van der Waals surface area contributed by atoms with Gasteiger partial charge in [-0.2, -0.15) is 0 Å². The molecule has 0 saturated heterocycles. The smallest absolute Gasteiger partial charge is 0.137 e. The van der Waals surface area contributed by atoms with Crippen molar-refractivity contribution >= 4 is 247 Å². The summed E-state index contributed by atoms with van der Waals surface area (Å²) in [6.45, 7) is 0. The van der Waals surface area contributed by atoms with Gasteiger partial charge < -0.3 is 41.2 Å². The fraction of sp³-hybridized carbons (Fsp3) is 0. The van der Waals surface area contributed by atoms with E-state index in [0.717, 1.165) is 227 Å². The van der Waals surface area contributed by atoms with Crippen molar-refractivity contribution < 1.29 is 26.5 Å². The van der Waals surface area contributed by atoms with Crippen molar-refractivity contribution in [2.75, 3.05) is 14.7 Å². The van der Waals surface area contributed by atoms with E-state index in [2.05, 4.69) is 445 Å². The highest BCUT2D eigenvalue weighted by molar-refractivity contribution is 6.32. The number of furan rings is 6. The van der Waals surface area contributed by atoms with E-state index in [1.165, 1.54) is 54.0 Å². The SMILES string of the molecule is c1ccc(-c2ccccc2N(c2ccc3c(c2)oc2ccccc23)c2cccc3c2ccc2ccc4oc5ccccc5c4c23)cc1.c1ccc(-c2ccccc2N(c2ccc3oc4ccccc4c3c2)c2cccc3c2ccc2ccc4oc5ccccc5c4c23)cc1.c1ccc(-c2ccccc2N(c2cccc3c2ccc2ccc4oc5ccccc5c4c23)c2cccc3oc4ccccc4c23)cc1. The largest absolute Gasteiger partial charge is 0.456 e. The van der Waals surface area contributed by atoms with Gasteiger partial charge in [-0.15, -0.1) is 0 Å². The topological polar surface area (TPSA) is 88.6 Å². The zero-order valence-corrected chi connectivity index (χ0v) is 76.1. The lowest BCUT2D eigenvalue weighted by Crippen LogP contribution is -2.12. The van der Waals surface area contributed by atoms with Gasteiger partial charge in [0, 0.05) is 126 Å². The van der Waals surface area contributed by atoms with Crippen LogP contribution in [0, 0.1) is 0 Å². The van der Waals surface area contributed by atoms with Gasteiger partial charge in [0.2, 0.25) is 0 Å². The third-order valence-electron chi connectivity index (χ3n) is 28.3. The molecule has 0 amide bonds. The zero-order valence-electron chi connectivity index (χ0n) is 76.1. The Balaban J connectivity index is 0.000000104. The third-order valence-corrected chi connectivity index (χ3v) is 28.3. The van der Waals surface area contributed by atoms with Gasteiger partial charge in [0.1, 0.15) is 67.0 Å². The van der Waals surface area contributed by atoms with Crippen molar-refractivity contribution in [3.8, 4) is 33.4 Å².